The third-order valence-electron chi connectivity index (χ3n) is 6.34. The molecule has 0 radical (unpaired) electrons. The maximum Gasteiger partial charge on any atom is 0.296 e. The van der Waals surface area contributed by atoms with Gasteiger partial charge < -0.3 is 5.11 Å². The number of thiazole rings is 1. The van der Waals surface area contributed by atoms with Gasteiger partial charge in [-0.2, -0.15) is 0 Å². The van der Waals surface area contributed by atoms with E-state index in [1.165, 1.54) is 22.3 Å². The number of ketones is 1. The summed E-state index contributed by atoms with van der Waals surface area (Å²) < 4.78 is 0.806. The van der Waals surface area contributed by atoms with Crippen molar-refractivity contribution in [1.82, 2.24) is 4.98 Å². The Bertz CT molecular complexity index is 1560. The molecule has 0 saturated heterocycles. The van der Waals surface area contributed by atoms with Crippen LogP contribution in [0.4, 0.5) is 5.13 Å². The Balaban J connectivity index is 1.61. The number of anilines is 1. The average Bonchev–Trinajstić information content (AvgIpc) is 3.40. The van der Waals surface area contributed by atoms with Gasteiger partial charge in [-0.3, -0.25) is 14.5 Å². The second-order valence-corrected chi connectivity index (χ2v) is 11.4. The first-order valence-corrected chi connectivity index (χ1v) is 13.0. The molecule has 7 heteroatoms. The fourth-order valence-electron chi connectivity index (χ4n) is 4.35. The van der Waals surface area contributed by atoms with Gasteiger partial charge in [0.1, 0.15) is 0 Å². The number of aromatic nitrogens is 1. The lowest BCUT2D eigenvalue weighted by Crippen LogP contribution is -2.30. The van der Waals surface area contributed by atoms with Crippen LogP contribution in [-0.4, -0.2) is 21.8 Å². The summed E-state index contributed by atoms with van der Waals surface area (Å²) in [5, 5.41) is 11.9. The van der Waals surface area contributed by atoms with E-state index in [0.29, 0.717) is 21.2 Å². The smallest absolute Gasteiger partial charge is 0.296 e. The molecule has 1 N–H and O–H groups in total. The topological polar surface area (TPSA) is 70.5 Å². The van der Waals surface area contributed by atoms with Crippen LogP contribution in [0.15, 0.2) is 90.2 Å². The van der Waals surface area contributed by atoms with Gasteiger partial charge >= 0.3 is 0 Å². The molecular formula is C30H25ClN2O3S. The van der Waals surface area contributed by atoms with Gasteiger partial charge in [0.25, 0.3) is 5.91 Å². The Hall–Kier alpha value is -3.74. The predicted molar refractivity (Wildman–Crippen MR) is 150 cm³/mol. The van der Waals surface area contributed by atoms with Gasteiger partial charge in [-0.15, -0.1) is 0 Å². The molecule has 2 heterocycles. The van der Waals surface area contributed by atoms with Crippen LogP contribution in [0.1, 0.15) is 43.5 Å². The summed E-state index contributed by atoms with van der Waals surface area (Å²) in [7, 11) is 0. The highest BCUT2D eigenvalue weighted by molar-refractivity contribution is 7.22. The zero-order valence-electron chi connectivity index (χ0n) is 20.6. The quantitative estimate of drug-likeness (QED) is 0.273. The van der Waals surface area contributed by atoms with Crippen LogP contribution in [0, 0.1) is 0 Å². The minimum Gasteiger partial charge on any atom is -0.503 e. The molecule has 1 aliphatic heterocycles. The SMILES string of the molecule is CC(C)(C)c1ccc(C2C(C(=O)C=Cc3ccccc3)=C(O)C(=O)N2c2nc3ccc(Cl)cc3s2)cc1. The number of nitrogens with zero attached hydrogens (tertiary/aromatic N) is 2. The summed E-state index contributed by atoms with van der Waals surface area (Å²) in [6.45, 7) is 6.36. The Kier molecular flexibility index (Phi) is 6.48. The Morgan fingerprint density at radius 2 is 1.76 bits per heavy atom. The number of hydrogen-bond acceptors (Lipinski definition) is 5. The van der Waals surface area contributed by atoms with Crippen LogP contribution >= 0.6 is 22.9 Å². The van der Waals surface area contributed by atoms with E-state index in [2.05, 4.69) is 25.8 Å². The second-order valence-electron chi connectivity index (χ2n) is 9.93. The van der Waals surface area contributed by atoms with Crippen LogP contribution < -0.4 is 4.90 Å². The van der Waals surface area contributed by atoms with E-state index < -0.39 is 23.5 Å². The number of benzene rings is 3. The Morgan fingerprint density at radius 1 is 1.05 bits per heavy atom. The van der Waals surface area contributed by atoms with Crippen LogP contribution in [-0.2, 0) is 15.0 Å². The number of carbonyl (C=O) groups is 2. The van der Waals surface area contributed by atoms with Crippen molar-refractivity contribution in [3.63, 3.8) is 0 Å². The van der Waals surface area contributed by atoms with E-state index in [4.69, 9.17) is 11.6 Å². The van der Waals surface area contributed by atoms with E-state index in [0.717, 1.165) is 15.8 Å². The zero-order valence-corrected chi connectivity index (χ0v) is 22.2. The van der Waals surface area contributed by atoms with Gasteiger partial charge in [0.2, 0.25) is 0 Å². The van der Waals surface area contributed by atoms with E-state index >= 15 is 0 Å². The summed E-state index contributed by atoms with van der Waals surface area (Å²) in [4.78, 5) is 32.9. The van der Waals surface area contributed by atoms with Gasteiger partial charge in [-0.25, -0.2) is 4.98 Å². The standard InChI is InChI=1S/C30H25ClN2O3S/c1-30(2,3)20-12-10-19(11-13-20)26-25(23(34)16-9-18-7-5-4-6-8-18)27(35)28(36)33(26)29-32-22-15-14-21(31)17-24(22)37-29/h4-17,26,35H,1-3H3. The molecule has 5 nitrogen and oxygen atoms in total. The van der Waals surface area contributed by atoms with Gasteiger partial charge in [0, 0.05) is 5.02 Å². The first kappa shape index (κ1) is 24.9. The number of allylic oxidation sites excluding steroid dienone is 1. The van der Waals surface area contributed by atoms with Crippen molar-refractivity contribution < 1.29 is 14.7 Å². The number of aliphatic hydroxyl groups is 1. The van der Waals surface area contributed by atoms with Crippen molar-refractivity contribution in [3.8, 4) is 0 Å². The first-order chi connectivity index (χ1) is 17.6. The molecule has 4 aromatic rings. The molecule has 0 bridgehead atoms. The lowest BCUT2D eigenvalue weighted by Gasteiger charge is -2.25. The van der Waals surface area contributed by atoms with Gasteiger partial charge in [-0.1, -0.05) is 104 Å². The normalized spacial score (nSPS) is 16.4. The Labute approximate surface area is 224 Å². The lowest BCUT2D eigenvalue weighted by molar-refractivity contribution is -0.117. The van der Waals surface area contributed by atoms with E-state index in [1.807, 2.05) is 54.6 Å². The second kappa shape index (κ2) is 9.61. The molecule has 37 heavy (non-hydrogen) atoms. The minimum absolute atomic E-state index is 0.0259. The molecule has 3 aromatic carbocycles. The van der Waals surface area contributed by atoms with Crippen molar-refractivity contribution in [2.45, 2.75) is 32.2 Å². The number of fused-ring (bicyclic) bond motifs is 1. The number of amides is 1. The van der Waals surface area contributed by atoms with Crippen LogP contribution in [0.2, 0.25) is 5.02 Å². The summed E-state index contributed by atoms with van der Waals surface area (Å²) in [6.07, 6.45) is 3.07. The molecule has 0 aliphatic carbocycles. The highest BCUT2D eigenvalue weighted by atomic mass is 35.5. The number of halogens is 1. The molecular weight excluding hydrogens is 504 g/mol. The van der Waals surface area contributed by atoms with Gasteiger partial charge in [-0.05, 0) is 46.4 Å². The molecule has 186 valence electrons. The molecule has 1 unspecified atom stereocenters. The summed E-state index contributed by atoms with van der Waals surface area (Å²) >= 11 is 7.45. The number of hydrogen-bond donors (Lipinski definition) is 1. The van der Waals surface area contributed by atoms with Crippen LogP contribution in [0.3, 0.4) is 0 Å². The summed E-state index contributed by atoms with van der Waals surface area (Å²) in [5.74, 6) is -1.66. The van der Waals surface area contributed by atoms with Gasteiger partial charge in [0.05, 0.1) is 21.8 Å². The van der Waals surface area contributed by atoms with Gasteiger partial charge in [0.15, 0.2) is 16.7 Å². The van der Waals surface area contributed by atoms with Crippen molar-refractivity contribution in [3.05, 3.63) is 112 Å². The minimum atomic E-state index is -0.828. The molecule has 1 aromatic heterocycles. The van der Waals surface area contributed by atoms with Crippen molar-refractivity contribution >= 4 is 56.1 Å². The Morgan fingerprint density at radius 3 is 2.43 bits per heavy atom. The number of carbonyl (C=O) groups excluding carboxylic acids is 2. The molecule has 5 rings (SSSR count). The molecule has 1 amide bonds. The fourth-order valence-corrected chi connectivity index (χ4v) is 5.62. The van der Waals surface area contributed by atoms with Crippen molar-refractivity contribution in [2.75, 3.05) is 4.90 Å². The molecule has 0 fully saturated rings. The highest BCUT2D eigenvalue weighted by Gasteiger charge is 2.45. The van der Waals surface area contributed by atoms with E-state index in [1.54, 1.807) is 24.3 Å². The largest absolute Gasteiger partial charge is 0.503 e. The lowest BCUT2D eigenvalue weighted by atomic mass is 9.85. The molecule has 1 atom stereocenters. The zero-order chi connectivity index (χ0) is 26.3. The van der Waals surface area contributed by atoms with E-state index in [9.17, 15) is 14.7 Å². The maximum atomic E-state index is 13.5. The predicted octanol–water partition coefficient (Wildman–Crippen LogP) is 7.43. The molecule has 0 spiro atoms. The third-order valence-corrected chi connectivity index (χ3v) is 7.59. The van der Waals surface area contributed by atoms with Crippen molar-refractivity contribution in [2.24, 2.45) is 0 Å². The fraction of sp³-hybridized carbons (Fsp3) is 0.167. The summed E-state index contributed by atoms with van der Waals surface area (Å²) in [5.41, 5.74) is 3.31. The third kappa shape index (κ3) is 4.82. The maximum absolute atomic E-state index is 13.5. The number of aliphatic hydroxyl groups excluding tert-OH is 1. The van der Waals surface area contributed by atoms with Crippen LogP contribution in [0.25, 0.3) is 16.3 Å². The van der Waals surface area contributed by atoms with Crippen LogP contribution in [0.5, 0.6) is 0 Å². The molecule has 1 aliphatic rings. The highest BCUT2D eigenvalue weighted by Crippen LogP contribution is 2.44. The first-order valence-electron chi connectivity index (χ1n) is 11.8. The number of rotatable bonds is 5. The molecule has 0 saturated carbocycles. The van der Waals surface area contributed by atoms with Crippen molar-refractivity contribution in [1.29, 1.82) is 0 Å². The summed E-state index contributed by atoms with van der Waals surface area (Å²) in [6, 6.07) is 21.7. The van der Waals surface area contributed by atoms with E-state index in [-0.39, 0.29) is 11.0 Å². The monoisotopic (exact) mass is 528 g/mol. The average molecular weight is 529 g/mol.